The number of hydrogen-bond acceptors (Lipinski definition) is 7. The Labute approximate surface area is 181 Å². The Hall–Kier alpha value is -2.55. The van der Waals surface area contributed by atoms with Gasteiger partial charge < -0.3 is 20.1 Å². The first kappa shape index (κ1) is 19.2. The number of aromatic nitrogens is 4. The number of anilines is 1. The normalized spacial score (nSPS) is 28.0. The van der Waals surface area contributed by atoms with E-state index in [1.807, 2.05) is 23.9 Å². The number of rotatable bonds is 3. The molecule has 3 saturated heterocycles. The highest BCUT2D eigenvalue weighted by molar-refractivity contribution is 5.82. The van der Waals surface area contributed by atoms with Crippen LogP contribution in [-0.4, -0.2) is 69.3 Å². The Morgan fingerprint density at radius 3 is 2.81 bits per heavy atom. The third-order valence-corrected chi connectivity index (χ3v) is 7.03. The van der Waals surface area contributed by atoms with E-state index < -0.39 is 0 Å². The lowest BCUT2D eigenvalue weighted by atomic mass is 9.85. The molecular formula is C23H28N6O2. The molecule has 0 saturated carbocycles. The molecule has 0 aliphatic carbocycles. The molecule has 0 amide bonds. The standard InChI is InChI=1S/C23H28N6O2/c1-13-5-15-9-25-29(20(15)7-19(13)18-3-4-24-10-21(18)30)23-8-22(26-14(2)27-23)28-11-17-6-16(28)12-31-17/h5,7-9,16-18,21,24,30H,3-4,6,10-12H2,1-2H3. The van der Waals surface area contributed by atoms with Gasteiger partial charge in [0, 0.05) is 30.5 Å². The van der Waals surface area contributed by atoms with E-state index in [1.54, 1.807) is 0 Å². The number of nitrogens with one attached hydrogen (secondary N) is 1. The van der Waals surface area contributed by atoms with Crippen LogP contribution in [0.1, 0.15) is 35.7 Å². The summed E-state index contributed by atoms with van der Waals surface area (Å²) >= 11 is 0. The first-order valence-electron chi connectivity index (χ1n) is 11.2. The lowest BCUT2D eigenvalue weighted by molar-refractivity contribution is 0.0988. The zero-order valence-electron chi connectivity index (χ0n) is 18.0. The molecule has 3 aliphatic rings. The van der Waals surface area contributed by atoms with Gasteiger partial charge in [-0.1, -0.05) is 0 Å². The van der Waals surface area contributed by atoms with E-state index in [0.717, 1.165) is 60.9 Å². The molecule has 0 radical (unpaired) electrons. The Morgan fingerprint density at radius 2 is 2.03 bits per heavy atom. The van der Waals surface area contributed by atoms with E-state index in [-0.39, 0.29) is 12.0 Å². The molecule has 2 N–H and O–H groups in total. The minimum Gasteiger partial charge on any atom is -0.391 e. The molecule has 5 heterocycles. The van der Waals surface area contributed by atoms with Gasteiger partial charge in [0.2, 0.25) is 0 Å². The smallest absolute Gasteiger partial charge is 0.159 e. The largest absolute Gasteiger partial charge is 0.391 e. The number of hydrogen-bond donors (Lipinski definition) is 2. The molecule has 0 spiro atoms. The molecule has 162 valence electrons. The van der Waals surface area contributed by atoms with E-state index in [4.69, 9.17) is 14.7 Å². The molecule has 6 rings (SSSR count). The second-order valence-corrected chi connectivity index (χ2v) is 9.12. The van der Waals surface area contributed by atoms with Crippen LogP contribution in [-0.2, 0) is 4.74 Å². The summed E-state index contributed by atoms with van der Waals surface area (Å²) in [6.45, 7) is 7.28. The van der Waals surface area contributed by atoms with Crippen molar-refractivity contribution >= 4 is 16.7 Å². The maximum Gasteiger partial charge on any atom is 0.159 e. The molecule has 3 aromatic rings. The summed E-state index contributed by atoms with van der Waals surface area (Å²) in [5.74, 6) is 2.60. The molecule has 1 aromatic carbocycles. The summed E-state index contributed by atoms with van der Waals surface area (Å²) in [4.78, 5) is 11.8. The second-order valence-electron chi connectivity index (χ2n) is 9.12. The molecule has 4 unspecified atom stereocenters. The van der Waals surface area contributed by atoms with Crippen molar-refractivity contribution in [2.45, 2.75) is 50.9 Å². The fourth-order valence-electron chi connectivity index (χ4n) is 5.46. The fourth-order valence-corrected chi connectivity index (χ4v) is 5.46. The molecule has 2 aromatic heterocycles. The van der Waals surface area contributed by atoms with Crippen molar-refractivity contribution in [3.05, 3.63) is 41.3 Å². The van der Waals surface area contributed by atoms with Crippen molar-refractivity contribution in [3.8, 4) is 5.82 Å². The molecule has 8 nitrogen and oxygen atoms in total. The Morgan fingerprint density at radius 1 is 1.16 bits per heavy atom. The van der Waals surface area contributed by atoms with Crippen molar-refractivity contribution in [2.75, 3.05) is 31.1 Å². The number of aliphatic hydroxyl groups is 1. The first-order valence-corrected chi connectivity index (χ1v) is 11.2. The van der Waals surface area contributed by atoms with Gasteiger partial charge in [-0.3, -0.25) is 0 Å². The predicted molar refractivity (Wildman–Crippen MR) is 118 cm³/mol. The van der Waals surface area contributed by atoms with Gasteiger partial charge in [0.15, 0.2) is 5.82 Å². The van der Waals surface area contributed by atoms with Crippen LogP contribution in [0.15, 0.2) is 24.4 Å². The average Bonchev–Trinajstić information content (AvgIpc) is 3.49. The van der Waals surface area contributed by atoms with E-state index >= 15 is 0 Å². The topological polar surface area (TPSA) is 88.3 Å². The summed E-state index contributed by atoms with van der Waals surface area (Å²) in [5, 5.41) is 19.6. The molecule has 8 heteroatoms. The van der Waals surface area contributed by atoms with Crippen LogP contribution in [0.3, 0.4) is 0 Å². The van der Waals surface area contributed by atoms with Crippen LogP contribution in [0, 0.1) is 13.8 Å². The lowest BCUT2D eigenvalue weighted by Crippen LogP contribution is -2.39. The van der Waals surface area contributed by atoms with Crippen molar-refractivity contribution in [2.24, 2.45) is 0 Å². The predicted octanol–water partition coefficient (Wildman–Crippen LogP) is 1.85. The number of benzene rings is 1. The number of aliphatic hydroxyl groups excluding tert-OH is 1. The number of morpholine rings is 1. The maximum atomic E-state index is 10.6. The zero-order chi connectivity index (χ0) is 21.1. The number of β-amino-alcohol motifs (C(OH)–C–C–N with tert-alkyl or cyclic N) is 1. The SMILES string of the molecule is Cc1nc(N2CC3CC2CO3)cc(-n2ncc3cc(C)c(C4CCNCC4O)cc32)n1. The van der Waals surface area contributed by atoms with Gasteiger partial charge in [-0.25, -0.2) is 14.6 Å². The summed E-state index contributed by atoms with van der Waals surface area (Å²) < 4.78 is 7.67. The van der Waals surface area contributed by atoms with Crippen molar-refractivity contribution in [1.29, 1.82) is 0 Å². The van der Waals surface area contributed by atoms with Crippen LogP contribution >= 0.6 is 0 Å². The number of piperidine rings is 1. The molecular weight excluding hydrogens is 392 g/mol. The van der Waals surface area contributed by atoms with Crippen LogP contribution in [0.5, 0.6) is 0 Å². The maximum absolute atomic E-state index is 10.6. The number of ether oxygens (including phenoxy) is 1. The van der Waals surface area contributed by atoms with Crippen molar-refractivity contribution < 1.29 is 9.84 Å². The number of fused-ring (bicyclic) bond motifs is 3. The molecule has 2 bridgehead atoms. The highest BCUT2D eigenvalue weighted by Gasteiger charge is 2.39. The summed E-state index contributed by atoms with van der Waals surface area (Å²) in [6, 6.07) is 6.81. The van der Waals surface area contributed by atoms with E-state index in [2.05, 4.69) is 34.4 Å². The first-order chi connectivity index (χ1) is 15.1. The van der Waals surface area contributed by atoms with Gasteiger partial charge in [-0.05, 0) is 56.5 Å². The molecule has 31 heavy (non-hydrogen) atoms. The third-order valence-electron chi connectivity index (χ3n) is 7.03. The monoisotopic (exact) mass is 420 g/mol. The van der Waals surface area contributed by atoms with Crippen LogP contribution in [0.4, 0.5) is 5.82 Å². The summed E-state index contributed by atoms with van der Waals surface area (Å²) in [5.41, 5.74) is 3.41. The highest BCUT2D eigenvalue weighted by atomic mass is 16.5. The number of aryl methyl sites for hydroxylation is 2. The minimum absolute atomic E-state index is 0.136. The van der Waals surface area contributed by atoms with Crippen molar-refractivity contribution in [1.82, 2.24) is 25.1 Å². The van der Waals surface area contributed by atoms with Crippen molar-refractivity contribution in [3.63, 3.8) is 0 Å². The van der Waals surface area contributed by atoms with Gasteiger partial charge in [-0.15, -0.1) is 0 Å². The zero-order valence-corrected chi connectivity index (χ0v) is 18.0. The Kier molecular flexibility index (Phi) is 4.48. The fraction of sp³-hybridized carbons (Fsp3) is 0.522. The summed E-state index contributed by atoms with van der Waals surface area (Å²) in [6.07, 6.45) is 3.84. The van der Waals surface area contributed by atoms with Crippen LogP contribution in [0.25, 0.3) is 16.7 Å². The van der Waals surface area contributed by atoms with Crippen LogP contribution in [0.2, 0.25) is 0 Å². The average molecular weight is 421 g/mol. The molecule has 3 aliphatic heterocycles. The van der Waals surface area contributed by atoms with E-state index in [1.165, 1.54) is 11.1 Å². The Balaban J connectivity index is 1.42. The summed E-state index contributed by atoms with van der Waals surface area (Å²) in [7, 11) is 0. The van der Waals surface area contributed by atoms with Crippen LogP contribution < -0.4 is 10.2 Å². The molecule has 3 fully saturated rings. The van der Waals surface area contributed by atoms with Gasteiger partial charge in [0.05, 0.1) is 36.6 Å². The second kappa shape index (κ2) is 7.25. The van der Waals surface area contributed by atoms with Gasteiger partial charge in [0.1, 0.15) is 11.6 Å². The molecule has 4 atom stereocenters. The number of nitrogens with zero attached hydrogens (tertiary/aromatic N) is 5. The lowest BCUT2D eigenvalue weighted by Gasteiger charge is -2.30. The quantitative estimate of drug-likeness (QED) is 0.669. The Bertz CT molecular complexity index is 1140. The van der Waals surface area contributed by atoms with E-state index in [0.29, 0.717) is 18.7 Å². The van der Waals surface area contributed by atoms with E-state index in [9.17, 15) is 5.11 Å². The third kappa shape index (κ3) is 3.21. The minimum atomic E-state index is -0.373. The highest BCUT2D eigenvalue weighted by Crippen LogP contribution is 2.34. The van der Waals surface area contributed by atoms with Gasteiger partial charge in [-0.2, -0.15) is 5.10 Å². The van der Waals surface area contributed by atoms with Gasteiger partial charge in [0.25, 0.3) is 0 Å². The van der Waals surface area contributed by atoms with Gasteiger partial charge >= 0.3 is 0 Å².